The minimum absolute atomic E-state index is 0.131. The third-order valence-electron chi connectivity index (χ3n) is 4.80. The summed E-state index contributed by atoms with van der Waals surface area (Å²) in [6.45, 7) is 0. The van der Waals surface area contributed by atoms with E-state index in [0.717, 1.165) is 25.7 Å². The maximum absolute atomic E-state index is 12.5. The first-order valence-electron chi connectivity index (χ1n) is 8.28. The predicted octanol–water partition coefficient (Wildman–Crippen LogP) is 0.227. The molecule has 132 valence electrons. The number of amides is 2. The second-order valence-electron chi connectivity index (χ2n) is 6.82. The summed E-state index contributed by atoms with van der Waals surface area (Å²) in [5.41, 5.74) is 0.455. The highest BCUT2D eigenvalue weighted by molar-refractivity contribution is 7.91. The fourth-order valence-electron chi connectivity index (χ4n) is 3.52. The number of aryl methyl sites for hydroxylation is 1. The van der Waals surface area contributed by atoms with Gasteiger partial charge in [0.25, 0.3) is 5.91 Å². The summed E-state index contributed by atoms with van der Waals surface area (Å²) >= 11 is 0. The normalized spacial score (nSPS) is 26.4. The molecule has 2 aliphatic rings. The first-order valence-corrected chi connectivity index (χ1v) is 10.1. The van der Waals surface area contributed by atoms with Gasteiger partial charge in [0.2, 0.25) is 5.91 Å². The smallest absolute Gasteiger partial charge is 0.253 e. The summed E-state index contributed by atoms with van der Waals surface area (Å²) in [5.74, 6) is -1.72. The molecule has 0 aromatic carbocycles. The van der Waals surface area contributed by atoms with Crippen LogP contribution >= 0.6 is 0 Å². The van der Waals surface area contributed by atoms with Crippen LogP contribution in [0.3, 0.4) is 0 Å². The number of sulfone groups is 1. The molecular weight excluding hydrogens is 330 g/mol. The number of nitrogens with one attached hydrogen (secondary N) is 2. The van der Waals surface area contributed by atoms with Crippen molar-refractivity contribution < 1.29 is 18.0 Å². The van der Waals surface area contributed by atoms with Crippen LogP contribution in [-0.2, 0) is 21.7 Å². The van der Waals surface area contributed by atoms with E-state index < -0.39 is 21.8 Å². The average molecular weight is 353 g/mol. The number of rotatable bonds is 4. The third-order valence-corrected chi connectivity index (χ3v) is 6.54. The van der Waals surface area contributed by atoms with Gasteiger partial charge in [0, 0.05) is 25.5 Å². The molecule has 2 N–H and O–H groups in total. The number of hydrogen-bond donors (Lipinski definition) is 2. The van der Waals surface area contributed by atoms with E-state index in [9.17, 15) is 18.0 Å². The zero-order valence-corrected chi connectivity index (χ0v) is 14.5. The SMILES string of the molecule is Cn1ccc(C(=O)N[C@@H]2CS(=O)(=O)C[C@H]2C(=O)NC2CCCC2)c1. The highest BCUT2D eigenvalue weighted by Gasteiger charge is 2.43. The predicted molar refractivity (Wildman–Crippen MR) is 89.2 cm³/mol. The molecule has 2 fully saturated rings. The monoisotopic (exact) mass is 353 g/mol. The molecule has 1 aromatic rings. The van der Waals surface area contributed by atoms with Crippen molar-refractivity contribution in [3.63, 3.8) is 0 Å². The van der Waals surface area contributed by atoms with Gasteiger partial charge < -0.3 is 15.2 Å². The van der Waals surface area contributed by atoms with Crippen molar-refractivity contribution in [2.75, 3.05) is 11.5 Å². The Bertz CT molecular complexity index is 734. The highest BCUT2D eigenvalue weighted by Crippen LogP contribution is 2.23. The van der Waals surface area contributed by atoms with Gasteiger partial charge in [-0.2, -0.15) is 0 Å². The van der Waals surface area contributed by atoms with Gasteiger partial charge in [-0.05, 0) is 18.9 Å². The van der Waals surface area contributed by atoms with E-state index in [-0.39, 0.29) is 29.4 Å². The summed E-state index contributed by atoms with van der Waals surface area (Å²) < 4.78 is 25.7. The fraction of sp³-hybridized carbons (Fsp3) is 0.625. The van der Waals surface area contributed by atoms with Crippen molar-refractivity contribution in [3.8, 4) is 0 Å². The number of carbonyl (C=O) groups is 2. The molecule has 7 nitrogen and oxygen atoms in total. The first kappa shape index (κ1) is 17.0. The molecule has 1 aliphatic carbocycles. The van der Waals surface area contributed by atoms with Gasteiger partial charge in [-0.3, -0.25) is 9.59 Å². The Morgan fingerprint density at radius 1 is 1.17 bits per heavy atom. The number of carbonyl (C=O) groups excluding carboxylic acids is 2. The highest BCUT2D eigenvalue weighted by atomic mass is 32.2. The summed E-state index contributed by atoms with van der Waals surface area (Å²) in [7, 11) is -1.53. The molecule has 0 spiro atoms. The fourth-order valence-corrected chi connectivity index (χ4v) is 5.45. The molecule has 1 aliphatic heterocycles. The van der Waals surface area contributed by atoms with Crippen LogP contribution in [0.2, 0.25) is 0 Å². The minimum Gasteiger partial charge on any atom is -0.356 e. The van der Waals surface area contributed by atoms with Crippen molar-refractivity contribution in [3.05, 3.63) is 24.0 Å². The molecule has 2 amide bonds. The lowest BCUT2D eigenvalue weighted by atomic mass is 10.0. The molecule has 1 saturated carbocycles. The van der Waals surface area contributed by atoms with Crippen molar-refractivity contribution >= 4 is 21.7 Å². The van der Waals surface area contributed by atoms with Gasteiger partial charge in [0.15, 0.2) is 9.84 Å². The molecule has 2 atom stereocenters. The van der Waals surface area contributed by atoms with Crippen molar-refractivity contribution in [2.45, 2.75) is 37.8 Å². The van der Waals surface area contributed by atoms with Gasteiger partial charge in [0.1, 0.15) is 0 Å². The molecule has 3 rings (SSSR count). The Kier molecular flexibility index (Phi) is 4.67. The van der Waals surface area contributed by atoms with Crippen molar-refractivity contribution in [1.29, 1.82) is 0 Å². The molecule has 1 saturated heterocycles. The molecule has 0 bridgehead atoms. The van der Waals surface area contributed by atoms with E-state index in [1.807, 2.05) is 0 Å². The van der Waals surface area contributed by atoms with Gasteiger partial charge >= 0.3 is 0 Å². The third kappa shape index (κ3) is 3.80. The zero-order valence-electron chi connectivity index (χ0n) is 13.7. The Morgan fingerprint density at radius 2 is 1.88 bits per heavy atom. The standard InChI is InChI=1S/C16H23N3O4S/c1-19-7-6-11(8-19)15(20)18-14-10-24(22,23)9-13(14)16(21)17-12-4-2-3-5-12/h6-8,12-14H,2-5,9-10H2,1H3,(H,17,21)(H,18,20)/t13-,14-/m1/s1. The second-order valence-corrected chi connectivity index (χ2v) is 8.97. The van der Waals surface area contributed by atoms with Crippen LogP contribution in [0.25, 0.3) is 0 Å². The van der Waals surface area contributed by atoms with Crippen LogP contribution in [0.15, 0.2) is 18.5 Å². The van der Waals surface area contributed by atoms with Crippen LogP contribution < -0.4 is 10.6 Å². The van der Waals surface area contributed by atoms with E-state index >= 15 is 0 Å². The maximum Gasteiger partial charge on any atom is 0.253 e. The van der Waals surface area contributed by atoms with Crippen molar-refractivity contribution in [1.82, 2.24) is 15.2 Å². The second kappa shape index (κ2) is 6.58. The van der Waals surface area contributed by atoms with Crippen LogP contribution in [0.1, 0.15) is 36.0 Å². The zero-order chi connectivity index (χ0) is 17.3. The molecular formula is C16H23N3O4S. The van der Waals surface area contributed by atoms with E-state index in [1.165, 1.54) is 0 Å². The Labute approximate surface area is 141 Å². The van der Waals surface area contributed by atoms with E-state index in [2.05, 4.69) is 10.6 Å². The van der Waals surface area contributed by atoms with E-state index in [1.54, 1.807) is 30.1 Å². The topological polar surface area (TPSA) is 97.3 Å². The van der Waals surface area contributed by atoms with Gasteiger partial charge in [-0.15, -0.1) is 0 Å². The lowest BCUT2D eigenvalue weighted by molar-refractivity contribution is -0.125. The maximum atomic E-state index is 12.5. The molecule has 1 aromatic heterocycles. The largest absolute Gasteiger partial charge is 0.356 e. The van der Waals surface area contributed by atoms with Gasteiger partial charge in [-0.1, -0.05) is 12.8 Å². The minimum atomic E-state index is -3.33. The molecule has 24 heavy (non-hydrogen) atoms. The Hall–Kier alpha value is -1.83. The van der Waals surface area contributed by atoms with Crippen molar-refractivity contribution in [2.24, 2.45) is 13.0 Å². The molecule has 8 heteroatoms. The van der Waals surface area contributed by atoms with Gasteiger partial charge in [-0.25, -0.2) is 8.42 Å². The van der Waals surface area contributed by atoms with Crippen LogP contribution in [0.5, 0.6) is 0 Å². The summed E-state index contributed by atoms with van der Waals surface area (Å²) in [4.78, 5) is 24.8. The number of nitrogens with zero attached hydrogens (tertiary/aromatic N) is 1. The molecule has 0 radical (unpaired) electrons. The Morgan fingerprint density at radius 3 is 2.50 bits per heavy atom. The number of aromatic nitrogens is 1. The molecule has 2 heterocycles. The lowest BCUT2D eigenvalue weighted by Gasteiger charge is -2.21. The summed E-state index contributed by atoms with van der Waals surface area (Å²) in [6, 6.07) is 1.11. The van der Waals surface area contributed by atoms with E-state index in [4.69, 9.17) is 0 Å². The summed E-state index contributed by atoms with van der Waals surface area (Å²) in [6.07, 6.45) is 7.44. The van der Waals surface area contributed by atoms with Crippen LogP contribution in [-0.4, -0.2) is 48.4 Å². The van der Waals surface area contributed by atoms with Crippen LogP contribution in [0.4, 0.5) is 0 Å². The number of hydrogen-bond acceptors (Lipinski definition) is 4. The average Bonchev–Trinajstić information content (AvgIpc) is 3.20. The quantitative estimate of drug-likeness (QED) is 0.809. The van der Waals surface area contributed by atoms with Crippen LogP contribution in [0, 0.1) is 5.92 Å². The first-order chi connectivity index (χ1) is 11.3. The van der Waals surface area contributed by atoms with Gasteiger partial charge in [0.05, 0.1) is 29.0 Å². The van der Waals surface area contributed by atoms with E-state index in [0.29, 0.717) is 5.56 Å². The Balaban J connectivity index is 1.69. The lowest BCUT2D eigenvalue weighted by Crippen LogP contribution is -2.48. The molecule has 0 unspecified atom stereocenters. The summed E-state index contributed by atoms with van der Waals surface area (Å²) in [5, 5.41) is 5.67.